The highest BCUT2D eigenvalue weighted by Gasteiger charge is 2.30. The van der Waals surface area contributed by atoms with Crippen molar-refractivity contribution in [3.05, 3.63) is 0 Å². The topological polar surface area (TPSA) is 237 Å². The van der Waals surface area contributed by atoms with Gasteiger partial charge in [-0.2, -0.15) is 0 Å². The fraction of sp³-hybridized carbons (Fsp3) is 0.951. The zero-order valence-electron chi connectivity index (χ0n) is 66.1. The number of ether oxygens (including phenoxy) is 4. The van der Waals surface area contributed by atoms with Gasteiger partial charge in [-0.3, -0.25) is 37.3 Å². The van der Waals surface area contributed by atoms with Crippen LogP contribution in [0.1, 0.15) is 439 Å². The molecule has 0 heterocycles. The van der Waals surface area contributed by atoms with E-state index in [2.05, 4.69) is 34.6 Å². The van der Waals surface area contributed by atoms with Crippen molar-refractivity contribution in [3.8, 4) is 0 Å². The third-order valence-electron chi connectivity index (χ3n) is 19.6. The highest BCUT2D eigenvalue weighted by Crippen LogP contribution is 2.45. The van der Waals surface area contributed by atoms with Gasteiger partial charge in [0.05, 0.1) is 26.4 Å². The molecule has 0 aromatic heterocycles. The fourth-order valence-electron chi connectivity index (χ4n) is 12.7. The number of phosphoric acid groups is 2. The van der Waals surface area contributed by atoms with Gasteiger partial charge >= 0.3 is 39.5 Å². The first kappa shape index (κ1) is 99.1. The molecule has 0 aliphatic heterocycles. The largest absolute Gasteiger partial charge is 0.472 e. The van der Waals surface area contributed by atoms with E-state index in [0.29, 0.717) is 25.7 Å². The number of hydrogen-bond acceptors (Lipinski definition) is 15. The van der Waals surface area contributed by atoms with Gasteiger partial charge in [0, 0.05) is 25.7 Å². The van der Waals surface area contributed by atoms with Crippen molar-refractivity contribution in [2.45, 2.75) is 457 Å². The Morgan fingerprint density at radius 3 is 0.703 bits per heavy atom. The Labute approximate surface area is 619 Å². The number of esters is 4. The average molecular weight is 1480 g/mol. The lowest BCUT2D eigenvalue weighted by molar-refractivity contribution is -0.161. The lowest BCUT2D eigenvalue weighted by Crippen LogP contribution is -2.30. The summed E-state index contributed by atoms with van der Waals surface area (Å²) in [5.74, 6) is -1.26. The number of aliphatic hydroxyl groups excluding tert-OH is 1. The zero-order chi connectivity index (χ0) is 74.1. The second-order valence-corrected chi connectivity index (χ2v) is 32.7. The minimum atomic E-state index is -4.96. The quantitative estimate of drug-likeness (QED) is 0.0222. The van der Waals surface area contributed by atoms with Crippen LogP contribution >= 0.6 is 15.6 Å². The molecule has 19 heteroatoms. The SMILES string of the molecule is CCCCCCCCCCCCCCCCCCCCCCCCC(=O)O[C@H](COC(=O)CCCCCCCCCCCCCCCCC(C)CC)COP(=O)(O)OC[C@@H](O)COP(=O)(O)OC[C@@H](COC(=O)CCCCCCCCC)OC(=O)CCCCCCCCCCCCCCCC. The van der Waals surface area contributed by atoms with Crippen molar-refractivity contribution in [2.24, 2.45) is 5.92 Å². The molecule has 6 atom stereocenters. The number of rotatable bonds is 82. The summed E-state index contributed by atoms with van der Waals surface area (Å²) in [6.07, 6.45) is 66.8. The summed E-state index contributed by atoms with van der Waals surface area (Å²) >= 11 is 0. The van der Waals surface area contributed by atoms with E-state index in [1.54, 1.807) is 0 Å². The first-order chi connectivity index (χ1) is 49.1. The molecule has 3 N–H and O–H groups in total. The third-order valence-corrected chi connectivity index (χ3v) is 21.5. The van der Waals surface area contributed by atoms with Crippen molar-refractivity contribution in [1.29, 1.82) is 0 Å². The predicted molar refractivity (Wildman–Crippen MR) is 414 cm³/mol. The van der Waals surface area contributed by atoms with Crippen molar-refractivity contribution >= 4 is 39.5 Å². The van der Waals surface area contributed by atoms with E-state index in [0.717, 1.165) is 109 Å². The van der Waals surface area contributed by atoms with Crippen molar-refractivity contribution < 1.29 is 80.2 Å². The van der Waals surface area contributed by atoms with Gasteiger partial charge in [-0.15, -0.1) is 0 Å². The predicted octanol–water partition coefficient (Wildman–Crippen LogP) is 24.8. The van der Waals surface area contributed by atoms with Crippen LogP contribution in [0.15, 0.2) is 0 Å². The zero-order valence-corrected chi connectivity index (χ0v) is 67.8. The summed E-state index contributed by atoms with van der Waals surface area (Å²) in [5.41, 5.74) is 0. The molecular weight excluding hydrogens is 1320 g/mol. The molecule has 0 aliphatic carbocycles. The Balaban J connectivity index is 5.16. The van der Waals surface area contributed by atoms with Crippen LogP contribution in [0.3, 0.4) is 0 Å². The molecule has 17 nitrogen and oxygen atoms in total. The number of unbranched alkanes of at least 4 members (excludes halogenated alkanes) is 53. The summed E-state index contributed by atoms with van der Waals surface area (Å²) in [6.45, 7) is 7.35. The molecule has 0 fully saturated rings. The highest BCUT2D eigenvalue weighted by molar-refractivity contribution is 7.47. The van der Waals surface area contributed by atoms with Gasteiger partial charge in [-0.05, 0) is 31.6 Å². The summed E-state index contributed by atoms with van der Waals surface area (Å²) in [6, 6.07) is 0. The summed E-state index contributed by atoms with van der Waals surface area (Å²) in [7, 11) is -9.91. The Bertz CT molecular complexity index is 1930. The number of carbonyl (C=O) groups excluding carboxylic acids is 4. The molecule has 0 aromatic carbocycles. The van der Waals surface area contributed by atoms with Gasteiger partial charge in [0.25, 0.3) is 0 Å². The van der Waals surface area contributed by atoms with E-state index in [4.69, 9.17) is 37.0 Å². The minimum Gasteiger partial charge on any atom is -0.462 e. The van der Waals surface area contributed by atoms with E-state index in [9.17, 15) is 43.2 Å². The van der Waals surface area contributed by atoms with Crippen LogP contribution in [-0.2, 0) is 65.4 Å². The van der Waals surface area contributed by atoms with E-state index in [1.807, 2.05) is 0 Å². The van der Waals surface area contributed by atoms with Gasteiger partial charge in [0.1, 0.15) is 19.3 Å². The lowest BCUT2D eigenvalue weighted by atomic mass is 9.99. The van der Waals surface area contributed by atoms with Gasteiger partial charge in [0.15, 0.2) is 12.2 Å². The monoisotopic (exact) mass is 1480 g/mol. The molecule has 0 aromatic rings. The molecular formula is C82H160O17P2. The maximum absolute atomic E-state index is 13.1. The fourth-order valence-corrected chi connectivity index (χ4v) is 14.3. The van der Waals surface area contributed by atoms with Crippen LogP contribution in [-0.4, -0.2) is 96.7 Å². The average Bonchev–Trinajstić information content (AvgIpc) is 0.927. The summed E-state index contributed by atoms with van der Waals surface area (Å²) in [4.78, 5) is 72.9. The number of phosphoric ester groups is 2. The van der Waals surface area contributed by atoms with E-state index < -0.39 is 97.5 Å². The van der Waals surface area contributed by atoms with Crippen molar-refractivity contribution in [2.75, 3.05) is 39.6 Å². The Morgan fingerprint density at radius 1 is 0.277 bits per heavy atom. The molecule has 0 bridgehead atoms. The van der Waals surface area contributed by atoms with Crippen LogP contribution in [0.5, 0.6) is 0 Å². The molecule has 0 aliphatic rings. The normalized spacial score (nSPS) is 14.1. The van der Waals surface area contributed by atoms with Crippen LogP contribution in [0.4, 0.5) is 0 Å². The van der Waals surface area contributed by atoms with Gasteiger partial charge < -0.3 is 33.8 Å². The van der Waals surface area contributed by atoms with Crippen molar-refractivity contribution in [1.82, 2.24) is 0 Å². The Hall–Kier alpha value is -1.94. The molecule has 3 unspecified atom stereocenters. The van der Waals surface area contributed by atoms with E-state index >= 15 is 0 Å². The minimum absolute atomic E-state index is 0.108. The number of aliphatic hydroxyl groups is 1. The van der Waals surface area contributed by atoms with E-state index in [1.165, 1.54) is 250 Å². The molecule has 0 saturated carbocycles. The Kier molecular flexibility index (Phi) is 73.5. The van der Waals surface area contributed by atoms with Crippen LogP contribution in [0, 0.1) is 5.92 Å². The summed E-state index contributed by atoms with van der Waals surface area (Å²) in [5, 5.41) is 10.6. The summed E-state index contributed by atoms with van der Waals surface area (Å²) < 4.78 is 68.6. The first-order valence-electron chi connectivity index (χ1n) is 42.7. The maximum Gasteiger partial charge on any atom is 0.472 e. The highest BCUT2D eigenvalue weighted by atomic mass is 31.2. The molecule has 0 saturated heterocycles. The molecule has 0 amide bonds. The third kappa shape index (κ3) is 74.7. The van der Waals surface area contributed by atoms with Gasteiger partial charge in [-0.1, -0.05) is 388 Å². The van der Waals surface area contributed by atoms with Crippen molar-refractivity contribution in [3.63, 3.8) is 0 Å². The molecule has 101 heavy (non-hydrogen) atoms. The smallest absolute Gasteiger partial charge is 0.462 e. The van der Waals surface area contributed by atoms with Crippen LogP contribution in [0.25, 0.3) is 0 Å². The second-order valence-electron chi connectivity index (χ2n) is 29.8. The molecule has 0 rings (SSSR count). The van der Waals surface area contributed by atoms with E-state index in [-0.39, 0.29) is 25.7 Å². The standard InChI is InChI=1S/C82H160O17P2/c1-6-10-13-16-19-21-23-25-27-28-29-30-31-32-33-34-40-44-48-53-58-63-68-82(87)99-78(72-93-80(85)66-61-56-51-46-42-39-36-35-37-41-45-50-54-59-64-75(5)9-4)74-97-101(90,91)95-70-76(83)69-94-100(88,89)96-73-77(71-92-79(84)65-60-55-49-18-15-12-8-3)98-81(86)67-62-57-52-47-43-38-26-24-22-20-17-14-11-7-2/h75-78,83H,6-74H2,1-5H3,(H,88,89)(H,90,91)/t75?,76-,77+,78+/m0/s1. The molecule has 0 radical (unpaired) electrons. The second kappa shape index (κ2) is 74.9. The Morgan fingerprint density at radius 2 is 0.475 bits per heavy atom. The van der Waals surface area contributed by atoms with Gasteiger partial charge in [0.2, 0.25) is 0 Å². The number of carbonyl (C=O) groups is 4. The first-order valence-corrected chi connectivity index (χ1v) is 45.7. The molecule has 600 valence electrons. The van der Waals surface area contributed by atoms with Gasteiger partial charge in [-0.25, -0.2) is 9.13 Å². The number of hydrogen-bond donors (Lipinski definition) is 3. The molecule has 0 spiro atoms. The van der Waals surface area contributed by atoms with Crippen LogP contribution < -0.4 is 0 Å². The van der Waals surface area contributed by atoms with Crippen LogP contribution in [0.2, 0.25) is 0 Å². The lowest BCUT2D eigenvalue weighted by Gasteiger charge is -2.21. The maximum atomic E-state index is 13.1.